The van der Waals surface area contributed by atoms with E-state index in [-0.39, 0.29) is 17.8 Å². The summed E-state index contributed by atoms with van der Waals surface area (Å²) in [7, 11) is 2.95. The van der Waals surface area contributed by atoms with E-state index in [1.165, 1.54) is 20.0 Å². The molecule has 1 heterocycles. The van der Waals surface area contributed by atoms with Gasteiger partial charge in [0, 0.05) is 0 Å². The fourth-order valence-corrected chi connectivity index (χ4v) is 21.1. The Morgan fingerprint density at radius 2 is 1.29 bits per heavy atom. The van der Waals surface area contributed by atoms with Crippen molar-refractivity contribution in [3.8, 4) is 0 Å². The number of benzene rings is 1. The first-order chi connectivity index (χ1) is 15.6. The Morgan fingerprint density at radius 1 is 0.882 bits per heavy atom. The Hall–Kier alpha value is -2.25. The molecule has 2 rings (SSSR count). The minimum absolute atomic E-state index is 0.0127. The van der Waals surface area contributed by atoms with Gasteiger partial charge in [-0.2, -0.15) is 0 Å². The quantitative estimate of drug-likeness (QED) is 0.180. The molecule has 0 radical (unpaired) electrons. The number of nitrogen functional groups attached to an aromatic ring is 2. The Bertz CT molecular complexity index is 987. The third-order valence-corrected chi connectivity index (χ3v) is 20.5. The summed E-state index contributed by atoms with van der Waals surface area (Å²) in [5.74, 6) is -2.04. The summed E-state index contributed by atoms with van der Waals surface area (Å²) in [5.41, 5.74) is 23.8. The fraction of sp³-hybridized carbons (Fsp3) is 0.421. The zero-order chi connectivity index (χ0) is 25.8. The molecule has 1 aromatic carbocycles. The van der Waals surface area contributed by atoms with Gasteiger partial charge in [-0.1, -0.05) is 0 Å². The number of aliphatic carboxylic acids is 2. The third kappa shape index (κ3) is 7.37. The van der Waals surface area contributed by atoms with Crippen LogP contribution in [0, 0.1) is 0 Å². The van der Waals surface area contributed by atoms with Crippen LogP contribution in [0.15, 0.2) is 24.3 Å². The van der Waals surface area contributed by atoms with E-state index in [1.807, 2.05) is 24.3 Å². The van der Waals surface area contributed by atoms with Crippen molar-refractivity contribution in [3.05, 3.63) is 24.3 Å². The van der Waals surface area contributed by atoms with Crippen LogP contribution < -0.4 is 32.6 Å². The van der Waals surface area contributed by atoms with Gasteiger partial charge in [-0.25, -0.2) is 0 Å². The topological polar surface area (TPSA) is 229 Å². The van der Waals surface area contributed by atoms with Crippen molar-refractivity contribution in [2.24, 2.45) is 11.5 Å². The van der Waals surface area contributed by atoms with Gasteiger partial charge in [-0.3, -0.25) is 0 Å². The second-order valence-electron chi connectivity index (χ2n) is 8.33. The van der Waals surface area contributed by atoms with E-state index in [1.54, 1.807) is 27.7 Å². The van der Waals surface area contributed by atoms with Gasteiger partial charge in [-0.05, 0) is 0 Å². The van der Waals surface area contributed by atoms with Crippen LogP contribution in [0.2, 0.25) is 0 Å². The van der Waals surface area contributed by atoms with Crippen molar-refractivity contribution in [1.82, 2.24) is 15.0 Å². The molecule has 15 heteroatoms. The Balaban J connectivity index is 2.35. The monoisotopic (exact) mass is 572 g/mol. The number of anilines is 4. The normalized spacial score (nSPS) is 14.8. The van der Waals surface area contributed by atoms with Crippen LogP contribution in [-0.4, -0.2) is 71.0 Å². The summed E-state index contributed by atoms with van der Waals surface area (Å²) in [4.78, 5) is 34.8. The van der Waals surface area contributed by atoms with Crippen molar-refractivity contribution in [2.75, 3.05) is 16.8 Å². The first kappa shape index (κ1) is 28.0. The molecule has 186 valence electrons. The first-order valence-electron chi connectivity index (χ1n) is 9.91. The van der Waals surface area contributed by atoms with Crippen LogP contribution in [0.3, 0.4) is 0 Å². The predicted octanol–water partition coefficient (Wildman–Crippen LogP) is 0.322. The van der Waals surface area contributed by atoms with Crippen molar-refractivity contribution >= 4 is 72.2 Å². The summed E-state index contributed by atoms with van der Waals surface area (Å²) in [6, 6.07) is 5.19. The van der Waals surface area contributed by atoms with Gasteiger partial charge < -0.3 is 0 Å². The van der Waals surface area contributed by atoms with Crippen LogP contribution in [-0.2, 0) is 9.59 Å². The van der Waals surface area contributed by atoms with E-state index in [9.17, 15) is 19.8 Å². The van der Waals surface area contributed by atoms with Gasteiger partial charge in [-0.15, -0.1) is 0 Å². The van der Waals surface area contributed by atoms with Crippen LogP contribution >= 0.6 is 20.0 Å². The average Bonchev–Trinajstić information content (AvgIpc) is 2.71. The molecule has 0 bridgehead atoms. The second kappa shape index (κ2) is 11.0. The molecule has 2 unspecified atom stereocenters. The summed E-state index contributed by atoms with van der Waals surface area (Å²) in [6.45, 7) is 7.09. The number of carboxylic acid groups (broad SMARTS) is 2. The Morgan fingerprint density at radius 3 is 1.68 bits per heavy atom. The first-order valence-corrected chi connectivity index (χ1v) is 17.0. The predicted molar refractivity (Wildman–Crippen MR) is 138 cm³/mol. The number of hydrogen-bond acceptors (Lipinski definition) is 12. The molecular weight excluding hydrogens is 543 g/mol. The van der Waals surface area contributed by atoms with E-state index in [0.717, 1.165) is 4.35 Å². The minimum atomic E-state index is -2.21. The maximum atomic E-state index is 11.5. The van der Waals surface area contributed by atoms with E-state index >= 15 is 0 Å². The molecule has 0 saturated carbocycles. The van der Waals surface area contributed by atoms with Crippen molar-refractivity contribution < 1.29 is 19.8 Å². The molecule has 2 aromatic rings. The molecule has 0 aliphatic carbocycles. The van der Waals surface area contributed by atoms with Crippen molar-refractivity contribution in [3.63, 3.8) is 0 Å². The number of rotatable bonds is 11. The zero-order valence-electron chi connectivity index (χ0n) is 19.1. The molecular formula is C19H29AsN8O4S2. The standard InChI is InChI=1S/C19H29AsN8O4S2/c1-18(2,11(21)13(29)30)33-20(34-19(3,4)12(22)14(31)32)9-5-7-10(8-6-9)25-17-27-15(23)26-16(24)28-17/h5-8,11-12H,21-22H2,1-4H3,(H,29,30)(H,31,32)(H5,23,24,25,26,27,28)/t11-,12?,20?/m0/s1. The summed E-state index contributed by atoms with van der Waals surface area (Å²) >= 11 is -2.21. The summed E-state index contributed by atoms with van der Waals surface area (Å²) in [5, 5.41) is 21.9. The molecule has 12 nitrogen and oxygen atoms in total. The number of nitrogens with one attached hydrogen (secondary N) is 1. The number of nitrogens with zero attached hydrogens (tertiary/aromatic N) is 3. The van der Waals surface area contributed by atoms with E-state index in [0.29, 0.717) is 5.69 Å². The van der Waals surface area contributed by atoms with Gasteiger partial charge in [0.1, 0.15) is 0 Å². The van der Waals surface area contributed by atoms with Gasteiger partial charge in [0.2, 0.25) is 0 Å². The molecule has 0 aliphatic heterocycles. The molecule has 0 aliphatic rings. The molecule has 3 atom stereocenters. The number of hydrogen-bond donors (Lipinski definition) is 7. The molecule has 0 saturated heterocycles. The maximum absolute atomic E-state index is 11.5. The summed E-state index contributed by atoms with van der Waals surface area (Å²) in [6.07, 6.45) is 0. The van der Waals surface area contributed by atoms with Crippen LogP contribution in [0.4, 0.5) is 23.5 Å². The Kier molecular flexibility index (Phi) is 9.05. The molecule has 0 spiro atoms. The number of nitrogens with two attached hydrogens (primary N) is 4. The molecule has 0 amide bonds. The van der Waals surface area contributed by atoms with Gasteiger partial charge >= 0.3 is 209 Å². The second-order valence-corrected chi connectivity index (χ2v) is 20.3. The van der Waals surface area contributed by atoms with Crippen molar-refractivity contribution in [1.29, 1.82) is 0 Å². The number of aromatic nitrogens is 3. The van der Waals surface area contributed by atoms with Crippen LogP contribution in [0.1, 0.15) is 27.7 Å². The van der Waals surface area contributed by atoms with E-state index < -0.39 is 45.9 Å². The summed E-state index contributed by atoms with van der Waals surface area (Å²) < 4.78 is -0.655. The Labute approximate surface area is 208 Å². The molecule has 0 fully saturated rings. The third-order valence-electron chi connectivity index (χ3n) is 4.67. The van der Waals surface area contributed by atoms with Crippen LogP contribution in [0.5, 0.6) is 0 Å². The number of carbonyl (C=O) groups is 2. The van der Waals surface area contributed by atoms with E-state index in [2.05, 4.69) is 20.3 Å². The van der Waals surface area contributed by atoms with Gasteiger partial charge in [0.25, 0.3) is 0 Å². The molecule has 11 N–H and O–H groups in total. The average molecular weight is 573 g/mol. The zero-order valence-corrected chi connectivity index (χ0v) is 22.6. The molecule has 1 aromatic heterocycles. The number of carboxylic acids is 2. The SMILES string of the molecule is CC(C)(S[As](SC(C)(C)[C@@H](N)C(=O)O)c1ccc(Nc2nc(N)nc(N)n2)cc1)C(N)C(=O)O. The van der Waals surface area contributed by atoms with Gasteiger partial charge in [0.05, 0.1) is 0 Å². The van der Waals surface area contributed by atoms with E-state index in [4.69, 9.17) is 22.9 Å². The van der Waals surface area contributed by atoms with Crippen molar-refractivity contribution in [2.45, 2.75) is 49.3 Å². The molecule has 34 heavy (non-hydrogen) atoms. The van der Waals surface area contributed by atoms with Gasteiger partial charge in [0.15, 0.2) is 0 Å². The van der Waals surface area contributed by atoms with Crippen LogP contribution in [0.25, 0.3) is 0 Å². The fourth-order valence-electron chi connectivity index (χ4n) is 2.52.